The first-order valence-corrected chi connectivity index (χ1v) is 10.5. The van der Waals surface area contributed by atoms with Gasteiger partial charge in [0.1, 0.15) is 5.82 Å². The molecule has 1 N–H and O–H groups in total. The maximum Gasteiger partial charge on any atom is 0.338 e. The van der Waals surface area contributed by atoms with Gasteiger partial charge < -0.3 is 15.0 Å². The Morgan fingerprint density at radius 3 is 2.67 bits per heavy atom. The normalized spacial score (nSPS) is 18.1. The summed E-state index contributed by atoms with van der Waals surface area (Å²) >= 11 is 0. The van der Waals surface area contributed by atoms with E-state index in [2.05, 4.69) is 15.3 Å². The number of anilines is 3. The third-order valence-corrected chi connectivity index (χ3v) is 6.13. The van der Waals surface area contributed by atoms with Gasteiger partial charge in [-0.25, -0.2) is 18.2 Å². The zero-order valence-electron chi connectivity index (χ0n) is 15.3. The van der Waals surface area contributed by atoms with E-state index in [1.807, 2.05) is 0 Å². The van der Waals surface area contributed by atoms with Gasteiger partial charge in [-0.05, 0) is 43.7 Å². The second kappa shape index (κ2) is 7.91. The molecule has 1 atom stereocenters. The van der Waals surface area contributed by atoms with Gasteiger partial charge in [0.05, 0.1) is 23.7 Å². The van der Waals surface area contributed by atoms with Crippen LogP contribution in [0, 0.1) is 0 Å². The van der Waals surface area contributed by atoms with Crippen LogP contribution in [0.25, 0.3) is 0 Å². The van der Waals surface area contributed by atoms with Crippen molar-refractivity contribution >= 4 is 33.3 Å². The molecule has 0 aliphatic carbocycles. The number of nitrogens with one attached hydrogen (secondary N) is 1. The molecular weight excluding hydrogens is 368 g/mol. The first-order chi connectivity index (χ1) is 12.9. The van der Waals surface area contributed by atoms with Crippen molar-refractivity contribution in [2.75, 3.05) is 35.4 Å². The summed E-state index contributed by atoms with van der Waals surface area (Å²) in [4.78, 5) is 22.2. The maximum atomic E-state index is 11.7. The van der Waals surface area contributed by atoms with Crippen LogP contribution in [0.3, 0.4) is 0 Å². The van der Waals surface area contributed by atoms with Crippen LogP contribution in [0.15, 0.2) is 36.5 Å². The SMILES string of the molecule is CCOC(=O)c1ccc(Nc2ccnc(N(C)C3CCS(=O)(=O)C3)n2)cc1. The molecule has 0 bridgehead atoms. The smallest absolute Gasteiger partial charge is 0.338 e. The standard InChI is InChI=1S/C18H22N4O4S/c1-3-26-17(23)13-4-6-14(7-5-13)20-16-8-10-19-18(21-16)22(2)15-9-11-27(24,25)12-15/h4-8,10,15H,3,9,11-12H2,1-2H3,(H,19,20,21). The molecule has 1 aromatic carbocycles. The van der Waals surface area contributed by atoms with Crippen molar-refractivity contribution in [1.29, 1.82) is 0 Å². The van der Waals surface area contributed by atoms with Crippen LogP contribution >= 0.6 is 0 Å². The number of esters is 1. The molecule has 8 nitrogen and oxygen atoms in total. The van der Waals surface area contributed by atoms with E-state index in [0.29, 0.717) is 30.4 Å². The highest BCUT2D eigenvalue weighted by molar-refractivity contribution is 7.91. The Morgan fingerprint density at radius 2 is 2.04 bits per heavy atom. The fourth-order valence-corrected chi connectivity index (χ4v) is 4.66. The molecule has 1 aromatic heterocycles. The lowest BCUT2D eigenvalue weighted by Crippen LogP contribution is -2.33. The average Bonchev–Trinajstić information content (AvgIpc) is 3.02. The summed E-state index contributed by atoms with van der Waals surface area (Å²) in [5, 5.41) is 3.16. The number of nitrogens with zero attached hydrogens (tertiary/aromatic N) is 3. The highest BCUT2D eigenvalue weighted by Crippen LogP contribution is 2.22. The van der Waals surface area contributed by atoms with Crippen molar-refractivity contribution in [3.05, 3.63) is 42.1 Å². The molecule has 1 fully saturated rings. The van der Waals surface area contributed by atoms with Gasteiger partial charge in [-0.15, -0.1) is 0 Å². The Bertz CT molecular complexity index is 915. The molecule has 27 heavy (non-hydrogen) atoms. The molecule has 1 saturated heterocycles. The quantitative estimate of drug-likeness (QED) is 0.748. The van der Waals surface area contributed by atoms with Crippen LogP contribution in [-0.2, 0) is 14.6 Å². The van der Waals surface area contributed by atoms with Crippen molar-refractivity contribution in [2.24, 2.45) is 0 Å². The van der Waals surface area contributed by atoms with Gasteiger partial charge in [0.2, 0.25) is 5.95 Å². The Hall–Kier alpha value is -2.68. The van der Waals surface area contributed by atoms with E-state index in [-0.39, 0.29) is 23.5 Å². The van der Waals surface area contributed by atoms with Gasteiger partial charge in [0.15, 0.2) is 9.84 Å². The van der Waals surface area contributed by atoms with Crippen molar-refractivity contribution < 1.29 is 17.9 Å². The zero-order valence-corrected chi connectivity index (χ0v) is 16.1. The van der Waals surface area contributed by atoms with Crippen LogP contribution < -0.4 is 10.2 Å². The van der Waals surface area contributed by atoms with Crippen LogP contribution in [0.4, 0.5) is 17.5 Å². The minimum absolute atomic E-state index is 0.117. The number of rotatable bonds is 6. The fraction of sp³-hybridized carbons (Fsp3) is 0.389. The van der Waals surface area contributed by atoms with Gasteiger partial charge in [0, 0.05) is 25.0 Å². The minimum Gasteiger partial charge on any atom is -0.462 e. The molecule has 0 spiro atoms. The summed E-state index contributed by atoms with van der Waals surface area (Å²) in [7, 11) is -1.17. The van der Waals surface area contributed by atoms with Crippen molar-refractivity contribution in [1.82, 2.24) is 9.97 Å². The number of ether oxygens (including phenoxy) is 1. The molecule has 1 aliphatic rings. The number of benzene rings is 1. The molecule has 0 radical (unpaired) electrons. The van der Waals surface area contributed by atoms with Crippen molar-refractivity contribution in [3.8, 4) is 0 Å². The predicted octanol–water partition coefficient (Wildman–Crippen LogP) is 2.02. The largest absolute Gasteiger partial charge is 0.462 e. The third-order valence-electron chi connectivity index (χ3n) is 4.38. The molecule has 144 valence electrons. The lowest BCUT2D eigenvalue weighted by atomic mass is 10.2. The molecule has 1 unspecified atom stereocenters. The molecule has 1 aliphatic heterocycles. The predicted molar refractivity (Wildman–Crippen MR) is 103 cm³/mol. The zero-order chi connectivity index (χ0) is 19.4. The molecule has 0 saturated carbocycles. The van der Waals surface area contributed by atoms with Crippen molar-refractivity contribution in [3.63, 3.8) is 0 Å². The van der Waals surface area contributed by atoms with Gasteiger partial charge in [-0.2, -0.15) is 4.98 Å². The second-order valence-electron chi connectivity index (χ2n) is 6.33. The third kappa shape index (κ3) is 4.73. The summed E-state index contributed by atoms with van der Waals surface area (Å²) in [5.41, 5.74) is 1.24. The summed E-state index contributed by atoms with van der Waals surface area (Å²) in [6, 6.07) is 8.50. The molecule has 9 heteroatoms. The van der Waals surface area contributed by atoms with E-state index in [4.69, 9.17) is 4.74 Å². The molecule has 3 rings (SSSR count). The van der Waals surface area contributed by atoms with Gasteiger partial charge >= 0.3 is 5.97 Å². The molecular formula is C18H22N4O4S. The topological polar surface area (TPSA) is 101 Å². The lowest BCUT2D eigenvalue weighted by Gasteiger charge is -2.23. The molecule has 0 amide bonds. The van der Waals surface area contributed by atoms with Gasteiger partial charge in [-0.1, -0.05) is 0 Å². The molecule has 2 aromatic rings. The fourth-order valence-electron chi connectivity index (χ4n) is 2.88. The first kappa shape index (κ1) is 19.1. The minimum atomic E-state index is -2.97. The van der Waals surface area contributed by atoms with Gasteiger partial charge in [-0.3, -0.25) is 0 Å². The summed E-state index contributed by atoms with van der Waals surface area (Å²) in [6.45, 7) is 2.09. The number of carbonyl (C=O) groups excluding carboxylic acids is 1. The maximum absolute atomic E-state index is 11.7. The monoisotopic (exact) mass is 390 g/mol. The van der Waals surface area contributed by atoms with Crippen molar-refractivity contribution in [2.45, 2.75) is 19.4 Å². The average molecular weight is 390 g/mol. The number of aromatic nitrogens is 2. The highest BCUT2D eigenvalue weighted by atomic mass is 32.2. The van der Waals surface area contributed by atoms with E-state index in [0.717, 1.165) is 5.69 Å². The van der Waals surface area contributed by atoms with Crippen LogP contribution in [0.5, 0.6) is 0 Å². The lowest BCUT2D eigenvalue weighted by molar-refractivity contribution is 0.0526. The summed E-state index contributed by atoms with van der Waals surface area (Å²) in [5.74, 6) is 1.01. The Kier molecular flexibility index (Phi) is 5.59. The van der Waals surface area contributed by atoms with E-state index in [9.17, 15) is 13.2 Å². The second-order valence-corrected chi connectivity index (χ2v) is 8.56. The van der Waals surface area contributed by atoms with E-state index >= 15 is 0 Å². The number of carbonyl (C=O) groups is 1. The highest BCUT2D eigenvalue weighted by Gasteiger charge is 2.31. The number of hydrogen-bond donors (Lipinski definition) is 1. The van der Waals surface area contributed by atoms with Gasteiger partial charge in [0.25, 0.3) is 0 Å². The Balaban J connectivity index is 1.70. The Morgan fingerprint density at radius 1 is 1.30 bits per heavy atom. The Labute approximate surface area is 158 Å². The number of sulfone groups is 1. The molecule has 2 heterocycles. The summed E-state index contributed by atoms with van der Waals surface area (Å²) < 4.78 is 28.3. The van der Waals surface area contributed by atoms with Crippen LogP contribution in [0.2, 0.25) is 0 Å². The summed E-state index contributed by atoms with van der Waals surface area (Å²) in [6.07, 6.45) is 2.20. The van der Waals surface area contributed by atoms with Crippen LogP contribution in [0.1, 0.15) is 23.7 Å². The van der Waals surface area contributed by atoms with E-state index in [1.165, 1.54) is 0 Å². The van der Waals surface area contributed by atoms with Crippen LogP contribution in [-0.4, -0.2) is 55.6 Å². The van der Waals surface area contributed by atoms with E-state index in [1.54, 1.807) is 55.4 Å². The first-order valence-electron chi connectivity index (χ1n) is 8.68. The van der Waals surface area contributed by atoms with E-state index < -0.39 is 9.84 Å². The number of hydrogen-bond acceptors (Lipinski definition) is 8.